The van der Waals surface area contributed by atoms with Crippen molar-refractivity contribution in [3.8, 4) is 0 Å². The number of carbonyl (C=O) groups is 6. The van der Waals surface area contributed by atoms with Crippen LogP contribution < -0.4 is 10.6 Å². The number of hydrogen-bond acceptors (Lipinski definition) is 10. The molecule has 2 saturated heterocycles. The zero-order valence-corrected chi connectivity index (χ0v) is 20.3. The molecule has 4 N–H and O–H groups in total. The molecule has 0 radical (unpaired) electrons. The summed E-state index contributed by atoms with van der Waals surface area (Å²) in [5.74, 6) is -4.04. The van der Waals surface area contributed by atoms with E-state index in [0.717, 1.165) is 9.80 Å². The normalized spacial score (nSPS) is 26.1. The number of hydrogen-bond donors (Lipinski definition) is 4. The second-order valence-corrected chi connectivity index (χ2v) is 10.2. The summed E-state index contributed by atoms with van der Waals surface area (Å²) in [4.78, 5) is 79.5. The monoisotopic (exact) mass is 539 g/mol. The predicted octanol–water partition coefficient (Wildman–Crippen LogP) is -1.49. The zero-order valence-electron chi connectivity index (χ0n) is 18.7. The Morgan fingerprint density at radius 1 is 0.917 bits per heavy atom. The van der Waals surface area contributed by atoms with E-state index in [4.69, 9.17) is 4.84 Å². The average molecular weight is 540 g/mol. The van der Waals surface area contributed by atoms with Crippen LogP contribution in [-0.4, -0.2) is 103 Å². The molecule has 0 unspecified atom stereocenters. The predicted molar refractivity (Wildman–Crippen MR) is 125 cm³/mol. The van der Waals surface area contributed by atoms with Crippen LogP contribution in [0.3, 0.4) is 0 Å². The van der Waals surface area contributed by atoms with E-state index in [2.05, 4.69) is 15.8 Å². The van der Waals surface area contributed by atoms with E-state index in [1.165, 1.54) is 42.8 Å². The molecule has 4 heterocycles. The molecule has 2 fully saturated rings. The second-order valence-electron chi connectivity index (χ2n) is 7.94. The Balaban J connectivity index is 1.30. The van der Waals surface area contributed by atoms with Crippen LogP contribution in [0.4, 0.5) is 0 Å². The van der Waals surface area contributed by atoms with Gasteiger partial charge in [-0.25, -0.2) is 9.59 Å². The number of carboxylic acids is 2. The molecule has 4 rings (SSSR count). The molecule has 0 bridgehead atoms. The lowest BCUT2D eigenvalue weighted by Gasteiger charge is -2.48. The maximum atomic E-state index is 12.6. The van der Waals surface area contributed by atoms with Crippen molar-refractivity contribution in [2.45, 2.75) is 35.7 Å². The zero-order chi connectivity index (χ0) is 26.1. The molecular formula is C20H21N5O9S2. The minimum atomic E-state index is -1.23. The number of nitrogens with zero attached hydrogens (tertiary/aromatic N) is 3. The molecule has 4 aliphatic rings. The Kier molecular flexibility index (Phi) is 7.26. The lowest BCUT2D eigenvalue weighted by Crippen LogP contribution is -2.70. The van der Waals surface area contributed by atoms with Crippen molar-refractivity contribution >= 4 is 64.8 Å². The lowest BCUT2D eigenvalue weighted by atomic mass is 10.0. The molecule has 0 aliphatic carbocycles. The third kappa shape index (κ3) is 4.65. The number of carbonyl (C=O) groups excluding carboxylic acids is 4. The van der Waals surface area contributed by atoms with E-state index >= 15 is 0 Å². The fourth-order valence-corrected chi connectivity index (χ4v) is 6.54. The van der Waals surface area contributed by atoms with Gasteiger partial charge < -0.3 is 25.7 Å². The van der Waals surface area contributed by atoms with Crippen LogP contribution in [-0.2, 0) is 33.6 Å². The van der Waals surface area contributed by atoms with Crippen LogP contribution >= 0.6 is 23.5 Å². The molecular weight excluding hydrogens is 518 g/mol. The number of carboxylic acid groups (broad SMARTS) is 2. The SMILES string of the molecule is CON=C(CC(=O)N[C@@H]1C(=O)N2C(C(=O)O)=CCS[C@H]12)CC(=O)N[C@@H]1C(=O)N2C(C(=O)O)=CCS[C@H]12. The maximum absolute atomic E-state index is 12.6. The van der Waals surface area contributed by atoms with Crippen molar-refractivity contribution < 1.29 is 43.8 Å². The Hall–Kier alpha value is -3.53. The number of amides is 4. The fourth-order valence-electron chi connectivity index (χ4n) is 4.15. The molecule has 16 heteroatoms. The summed E-state index contributed by atoms with van der Waals surface area (Å²) in [7, 11) is 1.23. The Bertz CT molecular complexity index is 1050. The first kappa shape index (κ1) is 25.6. The molecule has 0 aromatic rings. The largest absolute Gasteiger partial charge is 0.477 e. The number of rotatable bonds is 9. The third-order valence-electron chi connectivity index (χ3n) is 5.71. The summed E-state index contributed by atoms with van der Waals surface area (Å²) in [5, 5.41) is 26.2. The standard InChI is InChI=1S/C20H21N5O9S2/c1-34-23-8(6-11(26)21-13-15(28)24-9(19(30)31)2-4-35-17(13)24)7-12(27)22-14-16(29)25-10(20(32)33)3-5-36-18(14)25/h2-3,13-14,17-18H,4-7H2,1H3,(H,21,26)(H,22,27)(H,30,31)(H,32,33)/t13-,14-,17-,18-/m1/s1. The van der Waals surface area contributed by atoms with Crippen LogP contribution in [0.15, 0.2) is 28.7 Å². The first-order valence-corrected chi connectivity index (χ1v) is 12.7. The van der Waals surface area contributed by atoms with Gasteiger partial charge in [0.15, 0.2) is 0 Å². The van der Waals surface area contributed by atoms with Gasteiger partial charge in [-0.05, 0) is 12.2 Å². The van der Waals surface area contributed by atoms with Crippen molar-refractivity contribution in [3.05, 3.63) is 23.5 Å². The van der Waals surface area contributed by atoms with E-state index in [1.807, 2.05) is 0 Å². The number of fused-ring (bicyclic) bond motifs is 2. The van der Waals surface area contributed by atoms with Gasteiger partial charge in [0.1, 0.15) is 41.3 Å². The van der Waals surface area contributed by atoms with Gasteiger partial charge in [0.25, 0.3) is 11.8 Å². The number of oxime groups is 1. The summed E-state index contributed by atoms with van der Waals surface area (Å²) in [5.41, 5.74) is -0.220. The first-order chi connectivity index (χ1) is 17.1. The number of aliphatic carboxylic acids is 2. The van der Waals surface area contributed by atoms with Gasteiger partial charge >= 0.3 is 11.9 Å². The Labute approximate surface area is 212 Å². The summed E-state index contributed by atoms with van der Waals surface area (Å²) in [6, 6.07) is -1.83. The molecule has 36 heavy (non-hydrogen) atoms. The second kappa shape index (κ2) is 10.2. The van der Waals surface area contributed by atoms with Crippen LogP contribution in [0.5, 0.6) is 0 Å². The Morgan fingerprint density at radius 2 is 1.33 bits per heavy atom. The molecule has 0 spiro atoms. The summed E-state index contributed by atoms with van der Waals surface area (Å²) >= 11 is 2.62. The first-order valence-electron chi connectivity index (χ1n) is 10.6. The quantitative estimate of drug-likeness (QED) is 0.151. The fraction of sp³-hybridized carbons (Fsp3) is 0.450. The van der Waals surface area contributed by atoms with Crippen molar-refractivity contribution in [3.63, 3.8) is 0 Å². The van der Waals surface area contributed by atoms with E-state index in [0.29, 0.717) is 11.5 Å². The van der Waals surface area contributed by atoms with E-state index in [9.17, 15) is 39.0 Å². The highest BCUT2D eigenvalue weighted by molar-refractivity contribution is 8.00. The average Bonchev–Trinajstić information content (AvgIpc) is 2.84. The highest BCUT2D eigenvalue weighted by atomic mass is 32.2. The van der Waals surface area contributed by atoms with Gasteiger partial charge in [0.2, 0.25) is 11.8 Å². The molecule has 0 saturated carbocycles. The van der Waals surface area contributed by atoms with E-state index < -0.39 is 58.4 Å². The molecule has 14 nitrogen and oxygen atoms in total. The molecule has 4 amide bonds. The molecule has 192 valence electrons. The lowest BCUT2D eigenvalue weighted by molar-refractivity contribution is -0.150. The van der Waals surface area contributed by atoms with Crippen LogP contribution in [0.1, 0.15) is 12.8 Å². The van der Waals surface area contributed by atoms with Gasteiger partial charge in [0.05, 0.1) is 18.6 Å². The van der Waals surface area contributed by atoms with Crippen LogP contribution in [0, 0.1) is 0 Å². The minimum absolute atomic E-state index is 0.0320. The highest BCUT2D eigenvalue weighted by Gasteiger charge is 2.54. The smallest absolute Gasteiger partial charge is 0.352 e. The van der Waals surface area contributed by atoms with Gasteiger partial charge in [0, 0.05) is 11.5 Å². The molecule has 0 aromatic carbocycles. The number of β-lactam (4-membered cyclic amide) rings is 2. The number of nitrogens with one attached hydrogen (secondary N) is 2. The summed E-state index contributed by atoms with van der Waals surface area (Å²) in [6.07, 6.45) is 2.11. The Morgan fingerprint density at radius 3 is 1.69 bits per heavy atom. The summed E-state index contributed by atoms with van der Waals surface area (Å²) < 4.78 is 0. The van der Waals surface area contributed by atoms with Crippen molar-refractivity contribution in [1.82, 2.24) is 20.4 Å². The molecule has 4 aliphatic heterocycles. The third-order valence-corrected chi connectivity index (χ3v) is 8.08. The highest BCUT2D eigenvalue weighted by Crippen LogP contribution is 2.38. The van der Waals surface area contributed by atoms with Crippen molar-refractivity contribution in [2.75, 3.05) is 18.6 Å². The topological polar surface area (TPSA) is 195 Å². The van der Waals surface area contributed by atoms with Gasteiger partial charge in [-0.1, -0.05) is 5.16 Å². The van der Waals surface area contributed by atoms with Crippen molar-refractivity contribution in [1.29, 1.82) is 0 Å². The summed E-state index contributed by atoms with van der Waals surface area (Å²) in [6.45, 7) is 0. The van der Waals surface area contributed by atoms with Crippen molar-refractivity contribution in [2.24, 2.45) is 5.16 Å². The maximum Gasteiger partial charge on any atom is 0.352 e. The van der Waals surface area contributed by atoms with E-state index in [-0.39, 0.29) is 29.9 Å². The van der Waals surface area contributed by atoms with Gasteiger partial charge in [-0.2, -0.15) is 0 Å². The van der Waals surface area contributed by atoms with E-state index in [1.54, 1.807) is 0 Å². The van der Waals surface area contributed by atoms with Gasteiger partial charge in [-0.3, -0.25) is 29.0 Å². The molecule has 0 aromatic heterocycles. The molecule has 4 atom stereocenters. The number of thioether (sulfide) groups is 2. The van der Waals surface area contributed by atoms with Crippen LogP contribution in [0.25, 0.3) is 0 Å². The van der Waals surface area contributed by atoms with Crippen LogP contribution in [0.2, 0.25) is 0 Å². The minimum Gasteiger partial charge on any atom is -0.477 e. The van der Waals surface area contributed by atoms with Gasteiger partial charge in [-0.15, -0.1) is 23.5 Å².